The molecule has 0 aromatic rings. The Kier molecular flexibility index (Phi) is 6.27. The molecule has 1 aliphatic rings. The molecule has 0 saturated heterocycles. The van der Waals surface area contributed by atoms with Gasteiger partial charge in [0.15, 0.2) is 0 Å². The minimum Gasteiger partial charge on any atom is -0.480 e. The minimum absolute atomic E-state index is 0.553. The molecule has 0 aromatic carbocycles. The fourth-order valence-corrected chi connectivity index (χ4v) is 2.95. The van der Waals surface area contributed by atoms with Crippen molar-refractivity contribution in [3.8, 4) is 0 Å². The van der Waals surface area contributed by atoms with Crippen LogP contribution in [0.25, 0.3) is 0 Å². The topological polar surface area (TPSA) is 66.6 Å². The van der Waals surface area contributed by atoms with E-state index in [1.165, 1.54) is 25.7 Å². The number of nitrogens with zero attached hydrogens (tertiary/aromatic N) is 1. The van der Waals surface area contributed by atoms with Crippen molar-refractivity contribution in [2.24, 2.45) is 11.7 Å². The third-order valence-corrected chi connectivity index (χ3v) is 4.48. The monoisotopic (exact) mass is 270 g/mol. The highest BCUT2D eigenvalue weighted by Crippen LogP contribution is 2.26. The van der Waals surface area contributed by atoms with Crippen LogP contribution in [0.15, 0.2) is 0 Å². The van der Waals surface area contributed by atoms with Gasteiger partial charge in [0, 0.05) is 6.04 Å². The van der Waals surface area contributed by atoms with E-state index in [2.05, 4.69) is 18.9 Å². The van der Waals surface area contributed by atoms with Crippen molar-refractivity contribution in [2.75, 3.05) is 13.6 Å². The van der Waals surface area contributed by atoms with E-state index in [1.807, 2.05) is 0 Å². The highest BCUT2D eigenvalue weighted by molar-refractivity contribution is 5.77. The van der Waals surface area contributed by atoms with E-state index in [-0.39, 0.29) is 0 Å². The van der Waals surface area contributed by atoms with Crippen molar-refractivity contribution >= 4 is 5.97 Å². The first-order valence-electron chi connectivity index (χ1n) is 7.55. The first kappa shape index (κ1) is 16.4. The summed E-state index contributed by atoms with van der Waals surface area (Å²) in [4.78, 5) is 13.3. The van der Waals surface area contributed by atoms with Crippen LogP contribution in [0, 0.1) is 5.92 Å². The standard InChI is InChI=1S/C15H30N2O2/c1-12-7-6-8-13(11-12)17(3)10-5-4-9-15(2,16)14(18)19/h12-13H,4-11,16H2,1-3H3,(H,18,19). The Bertz CT molecular complexity index is 292. The largest absolute Gasteiger partial charge is 0.480 e. The quantitative estimate of drug-likeness (QED) is 0.697. The fourth-order valence-electron chi connectivity index (χ4n) is 2.95. The van der Waals surface area contributed by atoms with Gasteiger partial charge in [0.25, 0.3) is 0 Å². The maximum Gasteiger partial charge on any atom is 0.323 e. The lowest BCUT2D eigenvalue weighted by atomic mass is 9.86. The minimum atomic E-state index is -1.07. The Morgan fingerprint density at radius 3 is 2.68 bits per heavy atom. The smallest absolute Gasteiger partial charge is 0.323 e. The number of carboxylic acid groups (broad SMARTS) is 1. The van der Waals surface area contributed by atoms with Gasteiger partial charge in [-0.25, -0.2) is 0 Å². The number of nitrogens with two attached hydrogens (primary N) is 1. The van der Waals surface area contributed by atoms with Gasteiger partial charge in [0.05, 0.1) is 0 Å². The lowest BCUT2D eigenvalue weighted by molar-refractivity contribution is -0.142. The van der Waals surface area contributed by atoms with Crippen molar-refractivity contribution in [3.63, 3.8) is 0 Å². The number of aliphatic carboxylic acids is 1. The van der Waals surface area contributed by atoms with Crippen molar-refractivity contribution in [2.45, 2.75) is 70.4 Å². The number of carbonyl (C=O) groups is 1. The van der Waals surface area contributed by atoms with Crippen LogP contribution in [0.3, 0.4) is 0 Å². The van der Waals surface area contributed by atoms with E-state index in [0.29, 0.717) is 12.5 Å². The molecule has 4 heteroatoms. The van der Waals surface area contributed by atoms with Gasteiger partial charge in [-0.2, -0.15) is 0 Å². The van der Waals surface area contributed by atoms with Gasteiger partial charge in [-0.05, 0) is 58.5 Å². The number of hydrogen-bond donors (Lipinski definition) is 2. The number of unbranched alkanes of at least 4 members (excludes halogenated alkanes) is 1. The first-order chi connectivity index (χ1) is 8.83. The Labute approximate surface area is 117 Å². The number of rotatable bonds is 7. The van der Waals surface area contributed by atoms with Crippen LogP contribution in [0.2, 0.25) is 0 Å². The molecule has 1 rings (SSSR count). The maximum atomic E-state index is 10.9. The Morgan fingerprint density at radius 2 is 2.11 bits per heavy atom. The van der Waals surface area contributed by atoms with Crippen molar-refractivity contribution in [3.05, 3.63) is 0 Å². The molecule has 3 unspecified atom stereocenters. The van der Waals surface area contributed by atoms with Gasteiger partial charge in [-0.3, -0.25) is 4.79 Å². The maximum absolute atomic E-state index is 10.9. The molecule has 0 aromatic heterocycles. The molecule has 0 amide bonds. The van der Waals surface area contributed by atoms with Gasteiger partial charge < -0.3 is 15.7 Å². The molecule has 1 fully saturated rings. The SMILES string of the molecule is CC1CCCC(N(C)CCCCC(C)(N)C(=O)O)C1. The summed E-state index contributed by atoms with van der Waals surface area (Å²) in [5.41, 5.74) is 4.65. The molecule has 3 atom stereocenters. The summed E-state index contributed by atoms with van der Waals surface area (Å²) in [5.74, 6) is -0.0532. The van der Waals surface area contributed by atoms with Crippen LogP contribution in [0.4, 0.5) is 0 Å². The van der Waals surface area contributed by atoms with Crippen LogP contribution >= 0.6 is 0 Å². The normalized spacial score (nSPS) is 27.2. The molecule has 3 N–H and O–H groups in total. The Hall–Kier alpha value is -0.610. The molecular formula is C15H30N2O2. The average molecular weight is 270 g/mol. The summed E-state index contributed by atoms with van der Waals surface area (Å²) in [5, 5.41) is 8.95. The molecular weight excluding hydrogens is 240 g/mol. The highest BCUT2D eigenvalue weighted by Gasteiger charge is 2.27. The van der Waals surface area contributed by atoms with E-state index >= 15 is 0 Å². The van der Waals surface area contributed by atoms with Gasteiger partial charge in [0.2, 0.25) is 0 Å². The van der Waals surface area contributed by atoms with Crippen LogP contribution in [-0.2, 0) is 4.79 Å². The molecule has 0 bridgehead atoms. The zero-order valence-corrected chi connectivity index (χ0v) is 12.7. The Morgan fingerprint density at radius 1 is 1.42 bits per heavy atom. The predicted molar refractivity (Wildman–Crippen MR) is 78.1 cm³/mol. The molecule has 0 radical (unpaired) electrons. The predicted octanol–water partition coefficient (Wildman–Crippen LogP) is 2.47. The van der Waals surface area contributed by atoms with Crippen LogP contribution < -0.4 is 5.73 Å². The summed E-state index contributed by atoms with van der Waals surface area (Å²) in [6.45, 7) is 4.99. The van der Waals surface area contributed by atoms with Crippen molar-refractivity contribution in [1.82, 2.24) is 4.90 Å². The number of hydrogen-bond acceptors (Lipinski definition) is 3. The lowest BCUT2D eigenvalue weighted by Crippen LogP contribution is -2.44. The van der Waals surface area contributed by atoms with Gasteiger partial charge in [-0.15, -0.1) is 0 Å². The molecule has 0 heterocycles. The van der Waals surface area contributed by atoms with E-state index < -0.39 is 11.5 Å². The second-order valence-corrected chi connectivity index (χ2v) is 6.59. The summed E-state index contributed by atoms with van der Waals surface area (Å²) < 4.78 is 0. The van der Waals surface area contributed by atoms with E-state index in [4.69, 9.17) is 10.8 Å². The van der Waals surface area contributed by atoms with Crippen LogP contribution in [0.5, 0.6) is 0 Å². The molecule has 0 aliphatic heterocycles. The summed E-state index contributed by atoms with van der Waals surface area (Å²) in [7, 11) is 2.20. The highest BCUT2D eigenvalue weighted by atomic mass is 16.4. The number of carboxylic acids is 1. The lowest BCUT2D eigenvalue weighted by Gasteiger charge is -2.34. The molecule has 4 nitrogen and oxygen atoms in total. The third kappa shape index (κ3) is 5.49. The van der Waals surface area contributed by atoms with E-state index in [0.717, 1.165) is 25.3 Å². The molecule has 112 valence electrons. The molecule has 1 aliphatic carbocycles. The van der Waals surface area contributed by atoms with Gasteiger partial charge >= 0.3 is 5.97 Å². The average Bonchev–Trinajstić information content (AvgIpc) is 2.34. The molecule has 19 heavy (non-hydrogen) atoms. The van der Waals surface area contributed by atoms with Crippen molar-refractivity contribution < 1.29 is 9.90 Å². The summed E-state index contributed by atoms with van der Waals surface area (Å²) in [6.07, 6.45) is 7.79. The zero-order valence-electron chi connectivity index (χ0n) is 12.7. The summed E-state index contributed by atoms with van der Waals surface area (Å²) in [6, 6.07) is 0.715. The van der Waals surface area contributed by atoms with Crippen LogP contribution in [0.1, 0.15) is 58.8 Å². The Balaban J connectivity index is 2.20. The summed E-state index contributed by atoms with van der Waals surface area (Å²) >= 11 is 0. The molecule has 1 saturated carbocycles. The molecule has 0 spiro atoms. The first-order valence-corrected chi connectivity index (χ1v) is 7.55. The van der Waals surface area contributed by atoms with Crippen molar-refractivity contribution in [1.29, 1.82) is 0 Å². The van der Waals surface area contributed by atoms with Gasteiger partial charge in [0.1, 0.15) is 5.54 Å². The third-order valence-electron chi connectivity index (χ3n) is 4.48. The zero-order chi connectivity index (χ0) is 14.5. The van der Waals surface area contributed by atoms with E-state index in [1.54, 1.807) is 6.92 Å². The second kappa shape index (κ2) is 7.25. The van der Waals surface area contributed by atoms with Crippen LogP contribution in [-0.4, -0.2) is 41.1 Å². The van der Waals surface area contributed by atoms with E-state index in [9.17, 15) is 4.79 Å². The van der Waals surface area contributed by atoms with Gasteiger partial charge in [-0.1, -0.05) is 19.8 Å². The fraction of sp³-hybridized carbons (Fsp3) is 0.933. The second-order valence-electron chi connectivity index (χ2n) is 6.59.